The highest BCUT2D eigenvalue weighted by atomic mass is 32.2. The van der Waals surface area contributed by atoms with Gasteiger partial charge in [0.25, 0.3) is 0 Å². The van der Waals surface area contributed by atoms with E-state index < -0.39 is 0 Å². The van der Waals surface area contributed by atoms with Crippen LogP contribution in [-0.4, -0.2) is 24.1 Å². The van der Waals surface area contributed by atoms with Crippen molar-refractivity contribution >= 4 is 11.8 Å². The molecule has 0 radical (unpaired) electrons. The Balaban J connectivity index is 2.02. The molecule has 1 atom stereocenters. The van der Waals surface area contributed by atoms with E-state index in [-0.39, 0.29) is 0 Å². The predicted molar refractivity (Wildman–Crippen MR) is 48.6 cm³/mol. The average molecular weight is 159 g/mol. The van der Waals surface area contributed by atoms with E-state index in [0.717, 1.165) is 5.25 Å². The molecule has 1 heterocycles. The van der Waals surface area contributed by atoms with E-state index in [4.69, 9.17) is 0 Å². The van der Waals surface area contributed by atoms with Gasteiger partial charge in [-0.05, 0) is 31.6 Å². The molecule has 0 bridgehead atoms. The van der Waals surface area contributed by atoms with Crippen LogP contribution < -0.4 is 5.32 Å². The van der Waals surface area contributed by atoms with Crippen molar-refractivity contribution in [2.75, 3.05) is 18.8 Å². The van der Waals surface area contributed by atoms with Crippen molar-refractivity contribution in [1.82, 2.24) is 5.32 Å². The molecule has 0 spiro atoms. The highest BCUT2D eigenvalue weighted by molar-refractivity contribution is 7.99. The van der Waals surface area contributed by atoms with E-state index >= 15 is 0 Å². The Labute approximate surface area is 68.0 Å². The number of hydrogen-bond acceptors (Lipinski definition) is 2. The van der Waals surface area contributed by atoms with Gasteiger partial charge in [-0.25, -0.2) is 0 Å². The zero-order valence-corrected chi connectivity index (χ0v) is 7.54. The summed E-state index contributed by atoms with van der Waals surface area (Å²) in [7, 11) is 0. The molecule has 0 aliphatic carbocycles. The van der Waals surface area contributed by atoms with Gasteiger partial charge in [0.2, 0.25) is 0 Å². The lowest BCUT2D eigenvalue weighted by molar-refractivity contribution is 0.531. The molecule has 1 nitrogen and oxygen atoms in total. The molecule has 1 aliphatic rings. The van der Waals surface area contributed by atoms with E-state index in [9.17, 15) is 0 Å². The van der Waals surface area contributed by atoms with Gasteiger partial charge in [0, 0.05) is 11.8 Å². The van der Waals surface area contributed by atoms with E-state index in [1.807, 2.05) is 0 Å². The summed E-state index contributed by atoms with van der Waals surface area (Å²) in [5, 5.41) is 4.33. The molecule has 0 amide bonds. The van der Waals surface area contributed by atoms with Crippen LogP contribution in [0.2, 0.25) is 0 Å². The normalized spacial score (nSPS) is 26.7. The number of thioether (sulfide) groups is 1. The van der Waals surface area contributed by atoms with Gasteiger partial charge in [0.1, 0.15) is 0 Å². The van der Waals surface area contributed by atoms with Crippen molar-refractivity contribution < 1.29 is 0 Å². The first-order chi connectivity index (χ1) is 4.93. The maximum absolute atomic E-state index is 3.42. The van der Waals surface area contributed by atoms with Crippen LogP contribution in [-0.2, 0) is 0 Å². The maximum Gasteiger partial charge on any atom is 0.0172 e. The molecule has 0 aromatic rings. The quantitative estimate of drug-likeness (QED) is 0.675. The Morgan fingerprint density at radius 1 is 1.60 bits per heavy atom. The summed E-state index contributed by atoms with van der Waals surface area (Å²) in [5.74, 6) is 1.34. The Morgan fingerprint density at radius 3 is 3.10 bits per heavy atom. The smallest absolute Gasteiger partial charge is 0.0172 e. The highest BCUT2D eigenvalue weighted by Crippen LogP contribution is 2.18. The molecule has 1 fully saturated rings. The fourth-order valence-corrected chi connectivity index (χ4v) is 2.38. The molecule has 0 aromatic heterocycles. The van der Waals surface area contributed by atoms with E-state index in [1.165, 1.54) is 38.1 Å². The standard InChI is InChI=1S/C8H17NS/c1-2-6-10-8-4-3-5-9-7-8/h8-9H,2-7H2,1H3. The third-order valence-corrected chi connectivity index (χ3v) is 3.33. The van der Waals surface area contributed by atoms with E-state index in [2.05, 4.69) is 24.0 Å². The Morgan fingerprint density at radius 2 is 2.50 bits per heavy atom. The third kappa shape index (κ3) is 2.93. The molecule has 0 aromatic carbocycles. The minimum Gasteiger partial charge on any atom is -0.316 e. The monoisotopic (exact) mass is 159 g/mol. The predicted octanol–water partition coefficient (Wildman–Crippen LogP) is 1.88. The van der Waals surface area contributed by atoms with Crippen LogP contribution in [0.4, 0.5) is 0 Å². The van der Waals surface area contributed by atoms with Gasteiger partial charge in [-0.2, -0.15) is 11.8 Å². The second kappa shape index (κ2) is 5.03. The first-order valence-corrected chi connectivity index (χ1v) is 5.30. The van der Waals surface area contributed by atoms with E-state index in [1.54, 1.807) is 0 Å². The summed E-state index contributed by atoms with van der Waals surface area (Å²) in [6.45, 7) is 4.73. The Hall–Kier alpha value is 0.310. The molecule has 60 valence electrons. The van der Waals surface area contributed by atoms with Crippen LogP contribution in [0.25, 0.3) is 0 Å². The van der Waals surface area contributed by atoms with Crippen LogP contribution in [0, 0.1) is 0 Å². The Kier molecular flexibility index (Phi) is 4.23. The number of hydrogen-bond donors (Lipinski definition) is 1. The fraction of sp³-hybridized carbons (Fsp3) is 1.00. The lowest BCUT2D eigenvalue weighted by Crippen LogP contribution is -2.31. The van der Waals surface area contributed by atoms with Gasteiger partial charge in [0.15, 0.2) is 0 Å². The van der Waals surface area contributed by atoms with Gasteiger partial charge in [0.05, 0.1) is 0 Å². The van der Waals surface area contributed by atoms with Crippen LogP contribution in [0.5, 0.6) is 0 Å². The van der Waals surface area contributed by atoms with Gasteiger partial charge in [-0.3, -0.25) is 0 Å². The SMILES string of the molecule is CCCSC1CCCNC1. The molecule has 1 unspecified atom stereocenters. The zero-order chi connectivity index (χ0) is 7.23. The summed E-state index contributed by atoms with van der Waals surface area (Å²) < 4.78 is 0. The summed E-state index contributed by atoms with van der Waals surface area (Å²) in [4.78, 5) is 0. The summed E-state index contributed by atoms with van der Waals surface area (Å²) in [6.07, 6.45) is 4.13. The largest absolute Gasteiger partial charge is 0.316 e. The van der Waals surface area contributed by atoms with Crippen LogP contribution in [0.1, 0.15) is 26.2 Å². The van der Waals surface area contributed by atoms with Crippen molar-refractivity contribution in [1.29, 1.82) is 0 Å². The highest BCUT2D eigenvalue weighted by Gasteiger charge is 2.11. The second-order valence-corrected chi connectivity index (χ2v) is 4.25. The maximum atomic E-state index is 3.42. The number of nitrogens with one attached hydrogen (secondary N) is 1. The summed E-state index contributed by atoms with van der Waals surface area (Å²) in [5.41, 5.74) is 0. The van der Waals surface area contributed by atoms with Gasteiger partial charge in [-0.15, -0.1) is 0 Å². The van der Waals surface area contributed by atoms with Crippen LogP contribution in [0.15, 0.2) is 0 Å². The third-order valence-electron chi connectivity index (χ3n) is 1.81. The lowest BCUT2D eigenvalue weighted by Gasteiger charge is -2.21. The number of rotatable bonds is 3. The number of piperidine rings is 1. The topological polar surface area (TPSA) is 12.0 Å². The molecule has 1 saturated heterocycles. The lowest BCUT2D eigenvalue weighted by atomic mass is 10.2. The molecule has 0 saturated carbocycles. The van der Waals surface area contributed by atoms with Crippen molar-refractivity contribution in [3.63, 3.8) is 0 Å². The van der Waals surface area contributed by atoms with Gasteiger partial charge in [-0.1, -0.05) is 6.92 Å². The molecule has 10 heavy (non-hydrogen) atoms. The summed E-state index contributed by atoms with van der Waals surface area (Å²) >= 11 is 2.13. The molecule has 2 heteroatoms. The van der Waals surface area contributed by atoms with Gasteiger partial charge < -0.3 is 5.32 Å². The van der Waals surface area contributed by atoms with Crippen LogP contribution >= 0.6 is 11.8 Å². The fourth-order valence-electron chi connectivity index (χ4n) is 1.25. The molecular weight excluding hydrogens is 142 g/mol. The first-order valence-electron chi connectivity index (χ1n) is 4.26. The van der Waals surface area contributed by atoms with Crippen molar-refractivity contribution in [2.45, 2.75) is 31.4 Å². The molecular formula is C8H17NS. The first kappa shape index (κ1) is 8.41. The minimum atomic E-state index is 0.911. The Bertz CT molecular complexity index is 79.3. The summed E-state index contributed by atoms with van der Waals surface area (Å²) in [6, 6.07) is 0. The molecule has 1 rings (SSSR count). The van der Waals surface area contributed by atoms with Crippen molar-refractivity contribution in [2.24, 2.45) is 0 Å². The van der Waals surface area contributed by atoms with Gasteiger partial charge >= 0.3 is 0 Å². The van der Waals surface area contributed by atoms with E-state index in [0.29, 0.717) is 0 Å². The second-order valence-electron chi connectivity index (χ2n) is 2.84. The van der Waals surface area contributed by atoms with Crippen LogP contribution in [0.3, 0.4) is 0 Å². The molecule has 1 N–H and O–H groups in total. The van der Waals surface area contributed by atoms with Crippen molar-refractivity contribution in [3.05, 3.63) is 0 Å². The zero-order valence-electron chi connectivity index (χ0n) is 6.73. The average Bonchev–Trinajstić information content (AvgIpc) is 2.03. The minimum absolute atomic E-state index is 0.911. The van der Waals surface area contributed by atoms with Crippen molar-refractivity contribution in [3.8, 4) is 0 Å². The molecule has 1 aliphatic heterocycles.